The van der Waals surface area contributed by atoms with Crippen molar-refractivity contribution in [3.63, 3.8) is 0 Å². The molecule has 0 aromatic rings. The fraction of sp³-hybridized carbons (Fsp3) is 0.702. The van der Waals surface area contributed by atoms with Crippen LogP contribution in [0.1, 0.15) is 373 Å². The molecule has 9 nitrogen and oxygen atoms in total. The average Bonchev–Trinajstić information content (AvgIpc) is 0.920. The first-order valence-corrected chi connectivity index (χ1v) is 44.7. The number of hydrogen-bond donors (Lipinski definition) is 0. The quantitative estimate of drug-likeness (QED) is 0.0195. The molecule has 0 amide bonds. The SMILES string of the molecule is CC/C=C\C/C=C\C/C=C\C/C=C\C/C=C\C/C=C\C/C=C\C/C=C\CCCCCCCCCCCCCCCCCCC(=O)OC(COC(=O)CCCCCCCCCCCCCCCCCCCCCCCCC/C=C\C/C=C\C/C=C\C/C=C\C/C=C\CC)COP(=O)([O-])OCC[N+](C)(C)C. The topological polar surface area (TPSA) is 111 Å². The zero-order valence-corrected chi connectivity index (χ0v) is 69.1. The minimum atomic E-state index is -4.65. The molecule has 0 heterocycles. The maximum atomic E-state index is 12.9. The van der Waals surface area contributed by atoms with E-state index in [1.165, 1.54) is 218 Å². The molecule has 10 heteroatoms. The molecule has 0 aromatic carbocycles. The molecule has 0 aromatic heterocycles. The van der Waals surface area contributed by atoms with Crippen molar-refractivity contribution < 1.29 is 42.1 Å². The standard InChI is InChI=1S/C94H162NO8P/c1-6-8-10-12-14-16-18-20-22-24-26-28-30-32-34-36-38-40-42-44-46-47-49-51-53-55-57-59-61-63-65-67-69-71-73-75-77-79-81-83-85-87-94(97)103-92(91-102-104(98,99)101-89-88-95(3,4)5)90-100-93(96)86-84-82-80-78-76-74-72-70-68-66-64-62-60-58-56-54-52-50-48-45-43-41-39-37-35-33-31-29-27-25-23-21-19-17-15-13-11-9-7-2/h8-11,14-17,20-23,26-29,32-35,38,40,44,46,49,51,92H,6-7,12-13,18-19,24-25,30-31,36-37,39,41-43,45,47-48,50,52-91H2,1-5H3/b10-8-,11-9-,16-14-,17-15-,22-20-,23-21-,28-26-,29-27-,34-32-,35-33-,40-38-,46-44-,51-49-. The van der Waals surface area contributed by atoms with Gasteiger partial charge >= 0.3 is 11.9 Å². The van der Waals surface area contributed by atoms with Crippen LogP contribution >= 0.6 is 7.82 Å². The molecule has 0 aliphatic heterocycles. The van der Waals surface area contributed by atoms with Crippen molar-refractivity contribution in [1.29, 1.82) is 0 Å². The van der Waals surface area contributed by atoms with E-state index in [9.17, 15) is 19.0 Å². The van der Waals surface area contributed by atoms with Crippen LogP contribution in [0.4, 0.5) is 0 Å². The highest BCUT2D eigenvalue weighted by atomic mass is 31.2. The molecular formula is C94H162NO8P. The lowest BCUT2D eigenvalue weighted by atomic mass is 10.0. The van der Waals surface area contributed by atoms with Gasteiger partial charge in [0.15, 0.2) is 6.10 Å². The van der Waals surface area contributed by atoms with E-state index in [-0.39, 0.29) is 32.0 Å². The summed E-state index contributed by atoms with van der Waals surface area (Å²) in [5, 5.41) is 0. The maximum Gasteiger partial charge on any atom is 0.306 e. The van der Waals surface area contributed by atoms with Gasteiger partial charge < -0.3 is 27.9 Å². The van der Waals surface area contributed by atoms with Gasteiger partial charge in [0.2, 0.25) is 0 Å². The first-order valence-electron chi connectivity index (χ1n) is 43.2. The lowest BCUT2D eigenvalue weighted by Crippen LogP contribution is -2.37. The summed E-state index contributed by atoms with van der Waals surface area (Å²) in [6.45, 7) is 4.05. The molecule has 0 N–H and O–H groups in total. The molecule has 0 aliphatic rings. The van der Waals surface area contributed by atoms with Gasteiger partial charge in [-0.3, -0.25) is 14.2 Å². The average molecular weight is 1470 g/mol. The Morgan fingerprint density at radius 1 is 0.298 bits per heavy atom. The number of carbonyl (C=O) groups is 2. The van der Waals surface area contributed by atoms with Crippen molar-refractivity contribution in [1.82, 2.24) is 0 Å². The van der Waals surface area contributed by atoms with Crippen molar-refractivity contribution in [2.24, 2.45) is 0 Å². The van der Waals surface area contributed by atoms with Crippen LogP contribution in [-0.2, 0) is 32.7 Å². The molecule has 0 saturated carbocycles. The second-order valence-corrected chi connectivity index (χ2v) is 31.2. The van der Waals surface area contributed by atoms with E-state index in [1.807, 2.05) is 21.1 Å². The summed E-state index contributed by atoms with van der Waals surface area (Å²) in [5.41, 5.74) is 0. The summed E-state index contributed by atoms with van der Waals surface area (Å²) in [7, 11) is 1.17. The van der Waals surface area contributed by atoms with Gasteiger partial charge in [-0.15, -0.1) is 0 Å². The van der Waals surface area contributed by atoms with Crippen LogP contribution in [0.15, 0.2) is 158 Å². The summed E-state index contributed by atoms with van der Waals surface area (Å²) in [5.74, 6) is -0.822. The third kappa shape index (κ3) is 86.5. The Bertz CT molecular complexity index is 2320. The number of hydrogen-bond acceptors (Lipinski definition) is 8. The lowest BCUT2D eigenvalue weighted by Gasteiger charge is -2.28. The third-order valence-corrected chi connectivity index (χ3v) is 19.5. The zero-order valence-electron chi connectivity index (χ0n) is 68.2. The molecule has 0 spiro atoms. The molecule has 0 rings (SSSR count). The first-order chi connectivity index (χ1) is 51.0. The third-order valence-electron chi connectivity index (χ3n) is 18.5. The first kappa shape index (κ1) is 99.6. The Balaban J connectivity index is 3.93. The molecule has 104 heavy (non-hydrogen) atoms. The van der Waals surface area contributed by atoms with Crippen LogP contribution < -0.4 is 4.89 Å². The van der Waals surface area contributed by atoms with Gasteiger partial charge in [0.25, 0.3) is 7.82 Å². The highest BCUT2D eigenvalue weighted by Crippen LogP contribution is 2.38. The van der Waals surface area contributed by atoms with Gasteiger partial charge in [0.05, 0.1) is 27.7 Å². The Morgan fingerprint density at radius 3 is 0.769 bits per heavy atom. The molecule has 0 bridgehead atoms. The van der Waals surface area contributed by atoms with Crippen molar-refractivity contribution in [2.75, 3.05) is 47.5 Å². The summed E-state index contributed by atoms with van der Waals surface area (Å²) >= 11 is 0. The van der Waals surface area contributed by atoms with E-state index >= 15 is 0 Å². The van der Waals surface area contributed by atoms with Gasteiger partial charge in [-0.1, -0.05) is 397 Å². The largest absolute Gasteiger partial charge is 0.756 e. The fourth-order valence-corrected chi connectivity index (χ4v) is 12.8. The summed E-state index contributed by atoms with van der Waals surface area (Å²) in [4.78, 5) is 38.3. The number of phosphoric acid groups is 1. The number of likely N-dealkylation sites (N-methyl/N-ethyl adjacent to an activating group) is 1. The predicted molar refractivity (Wildman–Crippen MR) is 452 cm³/mol. The number of phosphoric ester groups is 1. The van der Waals surface area contributed by atoms with Crippen LogP contribution in [0.5, 0.6) is 0 Å². The molecule has 2 unspecified atom stereocenters. The Labute approximate surface area is 643 Å². The normalized spacial score (nSPS) is 13.8. The zero-order chi connectivity index (χ0) is 75.4. The minimum Gasteiger partial charge on any atom is -0.756 e. The number of quaternary nitrogens is 1. The Morgan fingerprint density at radius 2 is 0.519 bits per heavy atom. The Hall–Kier alpha value is -4.37. The van der Waals surface area contributed by atoms with Crippen LogP contribution in [0, 0.1) is 0 Å². The molecule has 596 valence electrons. The van der Waals surface area contributed by atoms with Gasteiger partial charge in [-0.2, -0.15) is 0 Å². The predicted octanol–water partition coefficient (Wildman–Crippen LogP) is 28.8. The highest BCUT2D eigenvalue weighted by molar-refractivity contribution is 7.45. The monoisotopic (exact) mass is 1460 g/mol. The van der Waals surface area contributed by atoms with Crippen LogP contribution in [0.2, 0.25) is 0 Å². The van der Waals surface area contributed by atoms with Crippen molar-refractivity contribution in [3.8, 4) is 0 Å². The van der Waals surface area contributed by atoms with Crippen molar-refractivity contribution >= 4 is 19.8 Å². The van der Waals surface area contributed by atoms with E-state index < -0.39 is 26.5 Å². The minimum absolute atomic E-state index is 0.0336. The van der Waals surface area contributed by atoms with Gasteiger partial charge in [-0.05, 0) is 122 Å². The molecule has 2 atom stereocenters. The maximum absolute atomic E-state index is 12.9. The molecule has 0 fully saturated rings. The summed E-state index contributed by atoms with van der Waals surface area (Å²) in [6.07, 6.45) is 124. The number of carbonyl (C=O) groups excluding carboxylic acids is 2. The van der Waals surface area contributed by atoms with Crippen molar-refractivity contribution in [3.05, 3.63) is 158 Å². The van der Waals surface area contributed by atoms with Crippen LogP contribution in [0.3, 0.4) is 0 Å². The fourth-order valence-electron chi connectivity index (χ4n) is 12.1. The number of esters is 2. The summed E-state index contributed by atoms with van der Waals surface area (Å²) < 4.78 is 34.5. The van der Waals surface area contributed by atoms with Crippen LogP contribution in [0.25, 0.3) is 0 Å². The van der Waals surface area contributed by atoms with E-state index in [4.69, 9.17) is 18.5 Å². The van der Waals surface area contributed by atoms with E-state index in [0.29, 0.717) is 17.4 Å². The number of rotatable bonds is 79. The summed E-state index contributed by atoms with van der Waals surface area (Å²) in [6, 6.07) is 0. The molecule has 0 saturated heterocycles. The molecule has 0 radical (unpaired) electrons. The van der Waals surface area contributed by atoms with Gasteiger partial charge in [-0.25, -0.2) is 0 Å². The van der Waals surface area contributed by atoms with E-state index in [1.54, 1.807) is 0 Å². The number of unbranched alkanes of at least 4 members (excludes halogenated alkanes) is 39. The van der Waals surface area contributed by atoms with Crippen LogP contribution in [-0.4, -0.2) is 70.0 Å². The van der Waals surface area contributed by atoms with Crippen molar-refractivity contribution in [2.45, 2.75) is 380 Å². The smallest absolute Gasteiger partial charge is 0.306 e. The van der Waals surface area contributed by atoms with Gasteiger partial charge in [0.1, 0.15) is 19.8 Å². The van der Waals surface area contributed by atoms with Gasteiger partial charge in [0, 0.05) is 12.8 Å². The molecular weight excluding hydrogens is 1300 g/mol. The molecule has 0 aliphatic carbocycles. The lowest BCUT2D eigenvalue weighted by molar-refractivity contribution is -0.870. The number of allylic oxidation sites excluding steroid dienone is 26. The second-order valence-electron chi connectivity index (χ2n) is 29.8. The van der Waals surface area contributed by atoms with E-state index in [2.05, 4.69) is 172 Å². The second kappa shape index (κ2) is 82.7. The highest BCUT2D eigenvalue weighted by Gasteiger charge is 2.22. The Kier molecular flexibility index (Phi) is 79.2. The van der Waals surface area contributed by atoms with E-state index in [0.717, 1.165) is 122 Å². The number of ether oxygens (including phenoxy) is 2. The number of nitrogens with zero attached hydrogens (tertiary/aromatic N) is 1.